The van der Waals surface area contributed by atoms with Gasteiger partial charge in [0.2, 0.25) is 0 Å². The fraction of sp³-hybridized carbons (Fsp3) is 0.0667. The number of hydrogen-bond acceptors (Lipinski definition) is 2. The van der Waals surface area contributed by atoms with Gasteiger partial charge in [-0.2, -0.15) is 5.10 Å². The van der Waals surface area contributed by atoms with Gasteiger partial charge < -0.3 is 5.11 Å². The van der Waals surface area contributed by atoms with Crippen LogP contribution in [0.1, 0.15) is 11.6 Å². The molecule has 1 N–H and O–H groups in total. The van der Waals surface area contributed by atoms with E-state index >= 15 is 0 Å². The van der Waals surface area contributed by atoms with E-state index in [1.165, 1.54) is 22.9 Å². The molecule has 2 aromatic carbocycles. The molecule has 3 rings (SSSR count). The highest BCUT2D eigenvalue weighted by Gasteiger charge is 2.23. The van der Waals surface area contributed by atoms with Crippen LogP contribution in [0.15, 0.2) is 48.7 Å². The van der Waals surface area contributed by atoms with Gasteiger partial charge >= 0.3 is 5.97 Å². The summed E-state index contributed by atoms with van der Waals surface area (Å²) in [6, 6.07) is 10.2. The normalized spacial score (nSPS) is 12.5. The molecule has 0 fully saturated rings. The minimum Gasteiger partial charge on any atom is -0.479 e. The highest BCUT2D eigenvalue weighted by atomic mass is 127. The summed E-state index contributed by atoms with van der Waals surface area (Å²) in [7, 11) is 0. The van der Waals surface area contributed by atoms with Crippen LogP contribution >= 0.6 is 22.6 Å². The van der Waals surface area contributed by atoms with Gasteiger partial charge in [0, 0.05) is 15.2 Å². The Kier molecular flexibility index (Phi) is 3.62. The molecule has 0 saturated heterocycles. The zero-order valence-corrected chi connectivity index (χ0v) is 12.9. The average Bonchev–Trinajstić information content (AvgIpc) is 2.80. The quantitative estimate of drug-likeness (QED) is 0.691. The molecule has 21 heavy (non-hydrogen) atoms. The number of aliphatic carboxylic acids is 1. The molecule has 0 saturated carbocycles. The molecule has 0 bridgehead atoms. The van der Waals surface area contributed by atoms with Gasteiger partial charge in [-0.25, -0.2) is 9.18 Å². The van der Waals surface area contributed by atoms with Crippen molar-refractivity contribution in [3.05, 3.63) is 63.6 Å². The molecule has 1 aromatic heterocycles. The number of nitrogens with zero attached hydrogens (tertiary/aromatic N) is 2. The van der Waals surface area contributed by atoms with E-state index in [0.29, 0.717) is 11.1 Å². The summed E-state index contributed by atoms with van der Waals surface area (Å²) in [6.07, 6.45) is 1.66. The summed E-state index contributed by atoms with van der Waals surface area (Å²) in [5.41, 5.74) is 1.06. The first-order chi connectivity index (χ1) is 10.0. The Hall–Kier alpha value is -1.96. The molecule has 1 atom stereocenters. The number of aromatic nitrogens is 2. The van der Waals surface area contributed by atoms with Crippen molar-refractivity contribution in [1.82, 2.24) is 9.78 Å². The van der Waals surface area contributed by atoms with Crippen molar-refractivity contribution in [2.24, 2.45) is 0 Å². The number of rotatable bonds is 3. The first-order valence-electron chi connectivity index (χ1n) is 6.17. The Morgan fingerprint density at radius 3 is 2.81 bits per heavy atom. The van der Waals surface area contributed by atoms with Crippen LogP contribution in [0, 0.1) is 9.39 Å². The predicted molar refractivity (Wildman–Crippen MR) is 84.6 cm³/mol. The number of fused-ring (bicyclic) bond motifs is 1. The molecule has 3 aromatic rings. The highest BCUT2D eigenvalue weighted by molar-refractivity contribution is 14.1. The van der Waals surface area contributed by atoms with Gasteiger partial charge in [0.15, 0.2) is 6.04 Å². The number of halogens is 2. The van der Waals surface area contributed by atoms with Crippen LogP contribution in [0.4, 0.5) is 4.39 Å². The maximum Gasteiger partial charge on any atom is 0.333 e. The molecule has 6 heteroatoms. The van der Waals surface area contributed by atoms with Crippen LogP contribution in [0.2, 0.25) is 0 Å². The molecule has 0 aliphatic heterocycles. The third-order valence-corrected chi connectivity index (χ3v) is 3.82. The van der Waals surface area contributed by atoms with Crippen molar-refractivity contribution < 1.29 is 14.3 Å². The second-order valence-electron chi connectivity index (χ2n) is 4.61. The molecular formula is C15H10FIN2O2. The maximum absolute atomic E-state index is 13.3. The summed E-state index contributed by atoms with van der Waals surface area (Å²) in [5, 5.41) is 14.6. The lowest BCUT2D eigenvalue weighted by molar-refractivity contribution is -0.139. The first kappa shape index (κ1) is 14.0. The first-order valence-corrected chi connectivity index (χ1v) is 7.25. The zero-order valence-electron chi connectivity index (χ0n) is 10.7. The lowest BCUT2D eigenvalue weighted by Gasteiger charge is -2.13. The van der Waals surface area contributed by atoms with E-state index in [4.69, 9.17) is 0 Å². The van der Waals surface area contributed by atoms with E-state index in [0.717, 1.165) is 8.96 Å². The van der Waals surface area contributed by atoms with Crippen LogP contribution in [-0.4, -0.2) is 20.9 Å². The van der Waals surface area contributed by atoms with Crippen LogP contribution < -0.4 is 0 Å². The molecule has 1 heterocycles. The standard InChI is InChI=1S/C15H10FIN2O2/c16-11-3-1-2-9(6-11)14(15(20)21)19-8-10-4-5-12(17)7-13(10)18-19/h1-8,14H,(H,20,21)/t14-/m1/s1. The Morgan fingerprint density at radius 2 is 2.10 bits per heavy atom. The summed E-state index contributed by atoms with van der Waals surface area (Å²) in [5.74, 6) is -1.55. The second kappa shape index (κ2) is 5.44. The molecule has 106 valence electrons. The summed E-state index contributed by atoms with van der Waals surface area (Å²) < 4.78 is 15.7. The molecule has 0 aliphatic carbocycles. The van der Waals surface area contributed by atoms with E-state index in [2.05, 4.69) is 27.7 Å². The van der Waals surface area contributed by atoms with Crippen LogP contribution in [0.5, 0.6) is 0 Å². The number of carboxylic acids is 1. The van der Waals surface area contributed by atoms with Crippen LogP contribution in [-0.2, 0) is 4.79 Å². The van der Waals surface area contributed by atoms with Gasteiger partial charge in [0.1, 0.15) is 5.82 Å². The summed E-state index contributed by atoms with van der Waals surface area (Å²) in [4.78, 5) is 11.6. The predicted octanol–water partition coefficient (Wildman–Crippen LogP) is 3.45. The van der Waals surface area contributed by atoms with Crippen molar-refractivity contribution in [3.8, 4) is 0 Å². The largest absolute Gasteiger partial charge is 0.479 e. The third kappa shape index (κ3) is 2.76. The van der Waals surface area contributed by atoms with Crippen molar-refractivity contribution in [1.29, 1.82) is 0 Å². The highest BCUT2D eigenvalue weighted by Crippen LogP contribution is 2.23. The summed E-state index contributed by atoms with van der Waals surface area (Å²) >= 11 is 2.17. The van der Waals surface area contributed by atoms with E-state index < -0.39 is 17.8 Å². The smallest absolute Gasteiger partial charge is 0.333 e. The van der Waals surface area contributed by atoms with Gasteiger partial charge in [-0.15, -0.1) is 0 Å². The molecule has 0 spiro atoms. The Labute approximate surface area is 133 Å². The topological polar surface area (TPSA) is 55.1 Å². The van der Waals surface area contributed by atoms with Crippen molar-refractivity contribution in [2.45, 2.75) is 6.04 Å². The van der Waals surface area contributed by atoms with E-state index in [1.807, 2.05) is 18.2 Å². The molecule has 4 nitrogen and oxygen atoms in total. The van der Waals surface area contributed by atoms with Gasteiger partial charge in [0.05, 0.1) is 5.52 Å². The van der Waals surface area contributed by atoms with Crippen LogP contribution in [0.25, 0.3) is 10.9 Å². The monoisotopic (exact) mass is 396 g/mol. The molecule has 0 unspecified atom stereocenters. The molecule has 0 aliphatic rings. The van der Waals surface area contributed by atoms with Gasteiger partial charge in [-0.1, -0.05) is 18.2 Å². The lowest BCUT2D eigenvalue weighted by Crippen LogP contribution is -2.20. The molecule has 0 radical (unpaired) electrons. The van der Waals surface area contributed by atoms with Crippen molar-refractivity contribution in [2.75, 3.05) is 0 Å². The van der Waals surface area contributed by atoms with E-state index in [-0.39, 0.29) is 0 Å². The average molecular weight is 396 g/mol. The maximum atomic E-state index is 13.3. The SMILES string of the molecule is O=C(O)[C@@H](c1cccc(F)c1)n1cc2ccc(I)cc2n1. The van der Waals surface area contributed by atoms with Gasteiger partial charge in [-0.3, -0.25) is 4.68 Å². The number of benzene rings is 2. The third-order valence-electron chi connectivity index (χ3n) is 3.15. The second-order valence-corrected chi connectivity index (χ2v) is 5.85. The lowest BCUT2D eigenvalue weighted by atomic mass is 10.1. The van der Waals surface area contributed by atoms with Crippen molar-refractivity contribution >= 4 is 39.5 Å². The molecular weight excluding hydrogens is 386 g/mol. The minimum atomic E-state index is -1.08. The van der Waals surface area contributed by atoms with Gasteiger partial charge in [-0.05, 0) is 52.4 Å². The Morgan fingerprint density at radius 1 is 1.29 bits per heavy atom. The number of carbonyl (C=O) groups is 1. The zero-order chi connectivity index (χ0) is 15.0. The summed E-state index contributed by atoms with van der Waals surface area (Å²) in [6.45, 7) is 0. The molecule has 0 amide bonds. The minimum absolute atomic E-state index is 0.352. The fourth-order valence-electron chi connectivity index (χ4n) is 2.23. The Bertz CT molecular complexity index is 831. The van der Waals surface area contributed by atoms with Crippen LogP contribution in [0.3, 0.4) is 0 Å². The number of carboxylic acid groups (broad SMARTS) is 1. The fourth-order valence-corrected chi connectivity index (χ4v) is 2.70. The van der Waals surface area contributed by atoms with E-state index in [1.54, 1.807) is 12.3 Å². The van der Waals surface area contributed by atoms with E-state index in [9.17, 15) is 14.3 Å². The Balaban J connectivity index is 2.13. The van der Waals surface area contributed by atoms with Crippen molar-refractivity contribution in [3.63, 3.8) is 0 Å². The number of hydrogen-bond donors (Lipinski definition) is 1. The van der Waals surface area contributed by atoms with Gasteiger partial charge in [0.25, 0.3) is 0 Å².